The summed E-state index contributed by atoms with van der Waals surface area (Å²) in [6, 6.07) is 7.29. The van der Waals surface area contributed by atoms with Gasteiger partial charge in [0.05, 0.1) is 6.04 Å². The average molecular weight is 172 g/mol. The van der Waals surface area contributed by atoms with Crippen molar-refractivity contribution in [3.63, 3.8) is 0 Å². The van der Waals surface area contributed by atoms with E-state index < -0.39 is 0 Å². The van der Waals surface area contributed by atoms with Crippen LogP contribution in [0.5, 0.6) is 0 Å². The fourth-order valence-electron chi connectivity index (χ4n) is 0.826. The molecule has 0 spiro atoms. The molecule has 0 aliphatic rings. The normalized spacial score (nSPS) is 13.0. The highest BCUT2D eigenvalue weighted by molar-refractivity contribution is 6.30. The quantitative estimate of drug-likeness (QED) is 0.670. The van der Waals surface area contributed by atoms with Crippen molar-refractivity contribution in [1.29, 1.82) is 0 Å². The largest absolute Gasteiger partial charge is 0.316 e. The summed E-state index contributed by atoms with van der Waals surface area (Å²) in [5, 5.41) is 9.28. The van der Waals surface area contributed by atoms with Crippen LogP contribution in [0.2, 0.25) is 5.02 Å². The third kappa shape index (κ3) is 2.19. The Morgan fingerprint density at radius 2 is 1.91 bits per heavy atom. The number of benzene rings is 1. The first-order valence-corrected chi connectivity index (χ1v) is 3.77. The van der Waals surface area contributed by atoms with Gasteiger partial charge < -0.3 is 5.21 Å². The zero-order chi connectivity index (χ0) is 8.27. The molecule has 3 heteroatoms. The van der Waals surface area contributed by atoms with Crippen LogP contribution >= 0.6 is 11.6 Å². The number of hydrogen-bond acceptors (Lipinski definition) is 2. The molecule has 1 aromatic carbocycles. The topological polar surface area (TPSA) is 32.3 Å². The highest BCUT2D eigenvalue weighted by atomic mass is 35.5. The maximum Gasteiger partial charge on any atom is 0.0540 e. The first kappa shape index (κ1) is 8.53. The van der Waals surface area contributed by atoms with Crippen LogP contribution in [-0.2, 0) is 0 Å². The zero-order valence-electron chi connectivity index (χ0n) is 6.21. The minimum absolute atomic E-state index is 0.0488. The lowest BCUT2D eigenvalue weighted by atomic mass is 10.1. The summed E-state index contributed by atoms with van der Waals surface area (Å²) in [6.45, 7) is 1.86. The maximum absolute atomic E-state index is 8.57. The molecule has 1 atom stereocenters. The Morgan fingerprint density at radius 1 is 1.36 bits per heavy atom. The lowest BCUT2D eigenvalue weighted by Crippen LogP contribution is -2.12. The van der Waals surface area contributed by atoms with Crippen LogP contribution < -0.4 is 5.48 Å². The molecule has 2 nitrogen and oxygen atoms in total. The summed E-state index contributed by atoms with van der Waals surface area (Å²) in [6.07, 6.45) is 0. The molecule has 2 N–H and O–H groups in total. The summed E-state index contributed by atoms with van der Waals surface area (Å²) in [5.41, 5.74) is 3.17. The minimum atomic E-state index is -0.0488. The van der Waals surface area contributed by atoms with Crippen molar-refractivity contribution in [3.05, 3.63) is 34.9 Å². The molecule has 1 rings (SSSR count). The van der Waals surface area contributed by atoms with E-state index in [1.54, 1.807) is 12.1 Å². The van der Waals surface area contributed by atoms with Gasteiger partial charge in [-0.2, -0.15) is 5.48 Å². The van der Waals surface area contributed by atoms with Gasteiger partial charge in [-0.05, 0) is 24.6 Å². The van der Waals surface area contributed by atoms with E-state index >= 15 is 0 Å². The lowest BCUT2D eigenvalue weighted by molar-refractivity contribution is 0.133. The summed E-state index contributed by atoms with van der Waals surface area (Å²) >= 11 is 5.68. The standard InChI is InChI=1S/C8H10ClNO/c1-6(10-11)7-2-4-8(9)5-3-7/h2-6,10-11H,1H3. The third-order valence-corrected chi connectivity index (χ3v) is 1.82. The monoisotopic (exact) mass is 171 g/mol. The van der Waals surface area contributed by atoms with Crippen LogP contribution in [0.3, 0.4) is 0 Å². The number of hydrogen-bond donors (Lipinski definition) is 2. The predicted molar refractivity (Wildman–Crippen MR) is 44.8 cm³/mol. The maximum atomic E-state index is 8.57. The van der Waals surface area contributed by atoms with Crippen molar-refractivity contribution in [2.24, 2.45) is 0 Å². The Labute approximate surface area is 70.8 Å². The number of halogens is 1. The first-order chi connectivity index (χ1) is 5.24. The Bertz CT molecular complexity index is 222. The molecule has 60 valence electrons. The summed E-state index contributed by atoms with van der Waals surface area (Å²) in [7, 11) is 0. The van der Waals surface area contributed by atoms with Gasteiger partial charge in [0.2, 0.25) is 0 Å². The van der Waals surface area contributed by atoms with Crippen LogP contribution in [0.25, 0.3) is 0 Å². The molecule has 0 saturated heterocycles. The first-order valence-electron chi connectivity index (χ1n) is 3.39. The van der Waals surface area contributed by atoms with Gasteiger partial charge in [-0.1, -0.05) is 23.7 Å². The van der Waals surface area contributed by atoms with E-state index in [-0.39, 0.29) is 6.04 Å². The Morgan fingerprint density at radius 3 is 2.36 bits per heavy atom. The highest BCUT2D eigenvalue weighted by Gasteiger charge is 2.01. The SMILES string of the molecule is CC(NO)c1ccc(Cl)cc1. The van der Waals surface area contributed by atoms with Gasteiger partial charge >= 0.3 is 0 Å². The van der Waals surface area contributed by atoms with Crippen molar-refractivity contribution in [2.75, 3.05) is 0 Å². The summed E-state index contributed by atoms with van der Waals surface area (Å²) in [4.78, 5) is 0. The second-order valence-corrected chi connectivity index (χ2v) is 2.84. The molecule has 11 heavy (non-hydrogen) atoms. The van der Waals surface area contributed by atoms with Crippen LogP contribution in [0, 0.1) is 0 Å². The second kappa shape index (κ2) is 3.72. The van der Waals surface area contributed by atoms with Gasteiger partial charge in [-0.3, -0.25) is 0 Å². The van der Waals surface area contributed by atoms with E-state index in [9.17, 15) is 0 Å². The Balaban J connectivity index is 2.81. The Hall–Kier alpha value is -0.570. The highest BCUT2D eigenvalue weighted by Crippen LogP contribution is 2.14. The van der Waals surface area contributed by atoms with Crippen molar-refractivity contribution >= 4 is 11.6 Å². The molecule has 0 fully saturated rings. The van der Waals surface area contributed by atoms with Crippen molar-refractivity contribution in [2.45, 2.75) is 13.0 Å². The molecule has 0 saturated carbocycles. The average Bonchev–Trinajstić information content (AvgIpc) is 2.05. The summed E-state index contributed by atoms with van der Waals surface area (Å²) in [5.74, 6) is 0. The molecule has 0 radical (unpaired) electrons. The number of hydroxylamine groups is 1. The second-order valence-electron chi connectivity index (χ2n) is 2.40. The van der Waals surface area contributed by atoms with E-state index in [2.05, 4.69) is 5.48 Å². The predicted octanol–water partition coefficient (Wildman–Crippen LogP) is 2.38. The van der Waals surface area contributed by atoms with Gasteiger partial charge in [-0.25, -0.2) is 0 Å². The molecule has 0 bridgehead atoms. The number of nitrogens with one attached hydrogen (secondary N) is 1. The van der Waals surface area contributed by atoms with Crippen LogP contribution in [0.15, 0.2) is 24.3 Å². The lowest BCUT2D eigenvalue weighted by Gasteiger charge is -2.08. The molecule has 0 aliphatic carbocycles. The fraction of sp³-hybridized carbons (Fsp3) is 0.250. The van der Waals surface area contributed by atoms with Gasteiger partial charge in [-0.15, -0.1) is 0 Å². The number of rotatable bonds is 2. The van der Waals surface area contributed by atoms with Crippen LogP contribution in [0.1, 0.15) is 18.5 Å². The molecule has 1 aromatic rings. The van der Waals surface area contributed by atoms with E-state index in [1.165, 1.54) is 0 Å². The summed E-state index contributed by atoms with van der Waals surface area (Å²) < 4.78 is 0. The van der Waals surface area contributed by atoms with E-state index in [0.717, 1.165) is 5.56 Å². The van der Waals surface area contributed by atoms with Crippen LogP contribution in [-0.4, -0.2) is 5.21 Å². The molecular formula is C8H10ClNO. The van der Waals surface area contributed by atoms with E-state index in [4.69, 9.17) is 16.8 Å². The van der Waals surface area contributed by atoms with Gasteiger partial charge in [0.25, 0.3) is 0 Å². The molecule has 0 aliphatic heterocycles. The molecule has 0 amide bonds. The van der Waals surface area contributed by atoms with Crippen molar-refractivity contribution < 1.29 is 5.21 Å². The van der Waals surface area contributed by atoms with E-state index in [0.29, 0.717) is 5.02 Å². The molecule has 0 aromatic heterocycles. The van der Waals surface area contributed by atoms with Gasteiger partial charge in [0.1, 0.15) is 0 Å². The van der Waals surface area contributed by atoms with Crippen LogP contribution in [0.4, 0.5) is 0 Å². The molecule has 1 unspecified atom stereocenters. The van der Waals surface area contributed by atoms with Gasteiger partial charge in [0, 0.05) is 5.02 Å². The molecular weight excluding hydrogens is 162 g/mol. The van der Waals surface area contributed by atoms with Gasteiger partial charge in [0.15, 0.2) is 0 Å². The Kier molecular flexibility index (Phi) is 2.88. The fourth-order valence-corrected chi connectivity index (χ4v) is 0.952. The third-order valence-electron chi connectivity index (χ3n) is 1.56. The van der Waals surface area contributed by atoms with E-state index in [1.807, 2.05) is 19.1 Å². The smallest absolute Gasteiger partial charge is 0.0540 e. The zero-order valence-corrected chi connectivity index (χ0v) is 6.97. The van der Waals surface area contributed by atoms with Crippen molar-refractivity contribution in [1.82, 2.24) is 5.48 Å². The van der Waals surface area contributed by atoms with Crippen molar-refractivity contribution in [3.8, 4) is 0 Å². The molecule has 0 heterocycles. The minimum Gasteiger partial charge on any atom is -0.316 e.